The molecule has 1 aromatic heterocycles. The summed E-state index contributed by atoms with van der Waals surface area (Å²) >= 11 is 0. The lowest BCUT2D eigenvalue weighted by molar-refractivity contribution is 0.387. The van der Waals surface area contributed by atoms with E-state index in [-0.39, 0.29) is 17.8 Å². The second kappa shape index (κ2) is 5.45. The van der Waals surface area contributed by atoms with Gasteiger partial charge in [0.2, 0.25) is 0 Å². The van der Waals surface area contributed by atoms with Gasteiger partial charge in [-0.15, -0.1) is 0 Å². The Morgan fingerprint density at radius 3 is 2.47 bits per heavy atom. The summed E-state index contributed by atoms with van der Waals surface area (Å²) in [4.78, 5) is 0. The summed E-state index contributed by atoms with van der Waals surface area (Å²) in [5, 5.41) is 12.5. The second-order valence-corrected chi connectivity index (χ2v) is 4.76. The fourth-order valence-corrected chi connectivity index (χ4v) is 2.10. The molecule has 0 aliphatic heterocycles. The molecule has 1 aromatic carbocycles. The Morgan fingerprint density at radius 2 is 1.89 bits per heavy atom. The van der Waals surface area contributed by atoms with E-state index in [1.165, 1.54) is 6.07 Å². The normalized spacial score (nSPS) is 14.3. The summed E-state index contributed by atoms with van der Waals surface area (Å²) in [6, 6.07) is 7.81. The van der Waals surface area contributed by atoms with Gasteiger partial charge in [0, 0.05) is 17.7 Å². The van der Waals surface area contributed by atoms with Crippen LogP contribution in [0.2, 0.25) is 0 Å². The largest absolute Gasteiger partial charge is 0.508 e. The third kappa shape index (κ3) is 3.15. The number of furan rings is 1. The van der Waals surface area contributed by atoms with Crippen molar-refractivity contribution in [3.05, 3.63) is 53.2 Å². The topological polar surface area (TPSA) is 45.4 Å². The van der Waals surface area contributed by atoms with Crippen molar-refractivity contribution in [1.29, 1.82) is 0 Å². The molecular weight excluding hydrogens is 245 g/mol. The predicted molar refractivity (Wildman–Crippen MR) is 71.5 cm³/mol. The highest BCUT2D eigenvalue weighted by Gasteiger charge is 2.16. The lowest BCUT2D eigenvalue weighted by Crippen LogP contribution is -2.22. The van der Waals surface area contributed by atoms with Crippen LogP contribution < -0.4 is 5.32 Å². The maximum atomic E-state index is 13.7. The molecule has 0 radical (unpaired) electrons. The van der Waals surface area contributed by atoms with Crippen molar-refractivity contribution in [2.45, 2.75) is 32.9 Å². The average molecular weight is 263 g/mol. The van der Waals surface area contributed by atoms with Gasteiger partial charge in [-0.25, -0.2) is 4.39 Å². The first-order chi connectivity index (χ1) is 8.97. The molecule has 2 unspecified atom stereocenters. The zero-order valence-corrected chi connectivity index (χ0v) is 11.3. The number of hydrogen-bond acceptors (Lipinski definition) is 3. The van der Waals surface area contributed by atoms with Crippen molar-refractivity contribution in [3.63, 3.8) is 0 Å². The molecule has 1 heterocycles. The van der Waals surface area contributed by atoms with Gasteiger partial charge in [0.25, 0.3) is 0 Å². The molecule has 4 heteroatoms. The highest BCUT2D eigenvalue weighted by Crippen LogP contribution is 2.24. The molecule has 102 valence electrons. The van der Waals surface area contributed by atoms with E-state index in [0.29, 0.717) is 5.56 Å². The third-order valence-electron chi connectivity index (χ3n) is 3.14. The van der Waals surface area contributed by atoms with Crippen LogP contribution in [-0.2, 0) is 0 Å². The zero-order valence-electron chi connectivity index (χ0n) is 11.3. The molecule has 2 N–H and O–H groups in total. The summed E-state index contributed by atoms with van der Waals surface area (Å²) < 4.78 is 19.3. The Bertz CT molecular complexity index is 565. The fourth-order valence-electron chi connectivity index (χ4n) is 2.10. The molecule has 0 saturated carbocycles. The number of nitrogens with one attached hydrogen (secondary N) is 1. The molecule has 2 aromatic rings. The van der Waals surface area contributed by atoms with Crippen molar-refractivity contribution < 1.29 is 13.9 Å². The number of benzene rings is 1. The van der Waals surface area contributed by atoms with Gasteiger partial charge in [-0.1, -0.05) is 6.07 Å². The molecule has 3 nitrogen and oxygen atoms in total. The minimum Gasteiger partial charge on any atom is -0.508 e. The Balaban J connectivity index is 2.10. The summed E-state index contributed by atoms with van der Waals surface area (Å²) in [7, 11) is 0. The summed E-state index contributed by atoms with van der Waals surface area (Å²) in [6.45, 7) is 5.73. The highest BCUT2D eigenvalue weighted by molar-refractivity contribution is 5.29. The van der Waals surface area contributed by atoms with E-state index in [1.54, 1.807) is 6.07 Å². The Hall–Kier alpha value is -1.81. The molecule has 2 rings (SSSR count). The first-order valence-corrected chi connectivity index (χ1v) is 6.28. The van der Waals surface area contributed by atoms with Gasteiger partial charge in [0.1, 0.15) is 23.1 Å². The van der Waals surface area contributed by atoms with E-state index >= 15 is 0 Å². The number of aromatic hydroxyl groups is 1. The average Bonchev–Trinajstić information content (AvgIpc) is 2.75. The van der Waals surface area contributed by atoms with Crippen LogP contribution in [0, 0.1) is 12.7 Å². The molecule has 0 aliphatic carbocycles. The van der Waals surface area contributed by atoms with Crippen molar-refractivity contribution >= 4 is 0 Å². The minimum atomic E-state index is -0.414. The smallest absolute Gasteiger partial charge is 0.131 e. The van der Waals surface area contributed by atoms with Gasteiger partial charge in [-0.2, -0.15) is 0 Å². The first kappa shape index (κ1) is 13.6. The molecule has 0 saturated heterocycles. The van der Waals surface area contributed by atoms with E-state index in [0.717, 1.165) is 17.6 Å². The van der Waals surface area contributed by atoms with Gasteiger partial charge in [0.05, 0.1) is 6.04 Å². The lowest BCUT2D eigenvalue weighted by atomic mass is 10.1. The first-order valence-electron chi connectivity index (χ1n) is 6.28. The van der Waals surface area contributed by atoms with Crippen LogP contribution in [0.1, 0.15) is 43.0 Å². The number of halogens is 1. The van der Waals surface area contributed by atoms with Crippen molar-refractivity contribution in [2.75, 3.05) is 0 Å². The summed E-state index contributed by atoms with van der Waals surface area (Å²) in [5.74, 6) is 1.20. The predicted octanol–water partition coefficient (Wildman–Crippen LogP) is 3.84. The summed E-state index contributed by atoms with van der Waals surface area (Å²) in [6.07, 6.45) is 0. The molecule has 0 amide bonds. The molecule has 19 heavy (non-hydrogen) atoms. The van der Waals surface area contributed by atoms with Crippen LogP contribution >= 0.6 is 0 Å². The Labute approximate surface area is 112 Å². The SMILES string of the molecule is Cc1ccc(C(C)NC(C)c2ccc(O)cc2F)o1. The number of phenols is 1. The molecule has 0 aliphatic rings. The molecule has 2 atom stereocenters. The van der Waals surface area contributed by atoms with Gasteiger partial charge >= 0.3 is 0 Å². The number of hydrogen-bond donors (Lipinski definition) is 2. The van der Waals surface area contributed by atoms with Gasteiger partial charge in [-0.3, -0.25) is 0 Å². The van der Waals surface area contributed by atoms with Crippen LogP contribution in [-0.4, -0.2) is 5.11 Å². The van der Waals surface area contributed by atoms with Crippen molar-refractivity contribution in [2.24, 2.45) is 0 Å². The number of phenolic OH excluding ortho intramolecular Hbond substituents is 1. The zero-order chi connectivity index (χ0) is 14.0. The van der Waals surface area contributed by atoms with Gasteiger partial charge in [-0.05, 0) is 39.0 Å². The van der Waals surface area contributed by atoms with Crippen LogP contribution in [0.15, 0.2) is 34.7 Å². The van der Waals surface area contributed by atoms with E-state index in [4.69, 9.17) is 4.42 Å². The Morgan fingerprint density at radius 1 is 1.16 bits per heavy atom. The standard InChI is InChI=1S/C15H18FNO2/c1-9-4-7-15(19-9)11(3)17-10(2)13-6-5-12(18)8-14(13)16/h4-8,10-11,17-18H,1-3H3. The van der Waals surface area contributed by atoms with Crippen LogP contribution in [0.4, 0.5) is 4.39 Å². The maximum absolute atomic E-state index is 13.7. The van der Waals surface area contributed by atoms with E-state index in [9.17, 15) is 9.50 Å². The van der Waals surface area contributed by atoms with Crippen LogP contribution in [0.5, 0.6) is 5.75 Å². The number of aryl methyl sites for hydroxylation is 1. The second-order valence-electron chi connectivity index (χ2n) is 4.76. The van der Waals surface area contributed by atoms with Gasteiger partial charge < -0.3 is 14.8 Å². The molecule has 0 fully saturated rings. The molecular formula is C15H18FNO2. The van der Waals surface area contributed by atoms with E-state index in [1.807, 2.05) is 32.9 Å². The highest BCUT2D eigenvalue weighted by atomic mass is 19.1. The van der Waals surface area contributed by atoms with E-state index < -0.39 is 5.82 Å². The van der Waals surface area contributed by atoms with Crippen LogP contribution in [0.3, 0.4) is 0 Å². The molecule has 0 spiro atoms. The quantitative estimate of drug-likeness (QED) is 0.880. The maximum Gasteiger partial charge on any atom is 0.131 e. The lowest BCUT2D eigenvalue weighted by Gasteiger charge is -2.19. The molecule has 0 bridgehead atoms. The third-order valence-corrected chi connectivity index (χ3v) is 3.14. The van der Waals surface area contributed by atoms with Crippen LogP contribution in [0.25, 0.3) is 0 Å². The Kier molecular flexibility index (Phi) is 3.90. The van der Waals surface area contributed by atoms with E-state index in [2.05, 4.69) is 5.32 Å². The fraction of sp³-hybridized carbons (Fsp3) is 0.333. The van der Waals surface area contributed by atoms with Crippen molar-refractivity contribution in [3.8, 4) is 5.75 Å². The van der Waals surface area contributed by atoms with Gasteiger partial charge in [0.15, 0.2) is 0 Å². The van der Waals surface area contributed by atoms with Crippen molar-refractivity contribution in [1.82, 2.24) is 5.32 Å². The summed E-state index contributed by atoms with van der Waals surface area (Å²) in [5.41, 5.74) is 0.521. The minimum absolute atomic E-state index is 0.0168. The number of rotatable bonds is 4. The monoisotopic (exact) mass is 263 g/mol.